The third kappa shape index (κ3) is 3.63. The van der Waals surface area contributed by atoms with Crippen LogP contribution in [0.5, 0.6) is 5.75 Å². The Morgan fingerprint density at radius 1 is 0.862 bits per heavy atom. The van der Waals surface area contributed by atoms with Gasteiger partial charge in [0.25, 0.3) is 0 Å². The topological polar surface area (TPSA) is 66.4 Å². The van der Waals surface area contributed by atoms with Crippen LogP contribution in [-0.2, 0) is 9.59 Å². The number of Topliss-reactive ketones (excluding diaryl/α,β-unsaturated/α-hetero) is 2. The van der Waals surface area contributed by atoms with Gasteiger partial charge >= 0.3 is 0 Å². The fourth-order valence-corrected chi connectivity index (χ4v) is 6.20. The second-order valence-corrected chi connectivity index (χ2v) is 11.8. The van der Waals surface area contributed by atoms with Crippen molar-refractivity contribution in [1.82, 2.24) is 5.32 Å². The van der Waals surface area contributed by atoms with E-state index in [0.29, 0.717) is 32.9 Å². The fraction of sp³-hybridized carbons (Fsp3) is 0.478. The summed E-state index contributed by atoms with van der Waals surface area (Å²) in [6, 6.07) is 3.65. The Bertz CT molecular complexity index is 942. The molecule has 154 valence electrons. The minimum absolute atomic E-state index is 0.0956. The third-order valence-electron chi connectivity index (χ3n) is 6.09. The van der Waals surface area contributed by atoms with Crippen LogP contribution in [0.2, 0.25) is 0 Å². The number of benzene rings is 1. The summed E-state index contributed by atoms with van der Waals surface area (Å²) in [7, 11) is 0. The molecule has 2 N–H and O–H groups in total. The van der Waals surface area contributed by atoms with Gasteiger partial charge in [-0.25, -0.2) is 0 Å². The molecular formula is C23H25Br2NO3. The van der Waals surface area contributed by atoms with E-state index in [1.165, 1.54) is 0 Å². The molecule has 0 atom stereocenters. The largest absolute Gasteiger partial charge is 0.506 e. The highest BCUT2D eigenvalue weighted by atomic mass is 79.9. The fourth-order valence-electron chi connectivity index (χ4n) is 4.97. The highest BCUT2D eigenvalue weighted by Gasteiger charge is 2.46. The van der Waals surface area contributed by atoms with Gasteiger partial charge in [0.05, 0.1) is 8.95 Å². The lowest BCUT2D eigenvalue weighted by molar-refractivity contribution is -0.119. The van der Waals surface area contributed by atoms with Crippen LogP contribution < -0.4 is 5.32 Å². The molecule has 1 heterocycles. The Labute approximate surface area is 188 Å². The molecule has 0 saturated heterocycles. The lowest BCUT2D eigenvalue weighted by Gasteiger charge is -2.44. The van der Waals surface area contributed by atoms with Crippen molar-refractivity contribution < 1.29 is 14.7 Å². The van der Waals surface area contributed by atoms with E-state index in [0.717, 1.165) is 29.8 Å². The molecule has 0 fully saturated rings. The normalized spacial score (nSPS) is 23.7. The molecule has 29 heavy (non-hydrogen) atoms. The number of phenolic OH excluding ortho intramolecular Hbond substituents is 1. The Morgan fingerprint density at radius 3 is 1.69 bits per heavy atom. The molecule has 1 aromatic rings. The Kier molecular flexibility index (Phi) is 4.90. The Balaban J connectivity index is 1.95. The number of rotatable bonds is 1. The summed E-state index contributed by atoms with van der Waals surface area (Å²) in [5.74, 6) is -0.101. The molecule has 4 nitrogen and oxygen atoms in total. The predicted octanol–water partition coefficient (Wildman–Crippen LogP) is 5.89. The Morgan fingerprint density at radius 2 is 1.28 bits per heavy atom. The predicted molar refractivity (Wildman–Crippen MR) is 119 cm³/mol. The van der Waals surface area contributed by atoms with E-state index in [1.807, 2.05) is 12.1 Å². The monoisotopic (exact) mass is 521 g/mol. The number of nitrogens with one attached hydrogen (secondary N) is 1. The standard InChI is InChI=1S/C23H25Br2NO3/c1-22(2)7-14-19(16(27)9-22)18(11-5-12(24)21(29)13(25)6-11)20-15(26-14)8-23(3,4)10-17(20)28/h5-6,18,26,29H,7-10H2,1-4H3. The van der Waals surface area contributed by atoms with Crippen molar-refractivity contribution in [1.29, 1.82) is 0 Å². The van der Waals surface area contributed by atoms with Gasteiger partial charge < -0.3 is 10.4 Å². The first-order valence-electron chi connectivity index (χ1n) is 9.86. The molecule has 3 aliphatic rings. The highest BCUT2D eigenvalue weighted by Crippen LogP contribution is 2.52. The minimum Gasteiger partial charge on any atom is -0.506 e. The molecular weight excluding hydrogens is 498 g/mol. The van der Waals surface area contributed by atoms with Gasteiger partial charge in [-0.05, 0) is 73.2 Å². The molecule has 0 amide bonds. The first kappa shape index (κ1) is 20.9. The van der Waals surface area contributed by atoms with E-state index >= 15 is 0 Å². The lowest BCUT2D eigenvalue weighted by atomic mass is 9.64. The van der Waals surface area contributed by atoms with Crippen LogP contribution in [-0.4, -0.2) is 16.7 Å². The Hall–Kier alpha value is -1.40. The summed E-state index contributed by atoms with van der Waals surface area (Å²) in [5.41, 5.74) is 3.91. The molecule has 0 radical (unpaired) electrons. The molecule has 6 heteroatoms. The van der Waals surface area contributed by atoms with Crippen molar-refractivity contribution in [2.24, 2.45) is 10.8 Å². The highest BCUT2D eigenvalue weighted by molar-refractivity contribution is 9.11. The lowest BCUT2D eigenvalue weighted by Crippen LogP contribution is -2.42. The van der Waals surface area contributed by atoms with Gasteiger partial charge in [-0.15, -0.1) is 0 Å². The van der Waals surface area contributed by atoms with Crippen LogP contribution in [0, 0.1) is 10.8 Å². The van der Waals surface area contributed by atoms with Crippen molar-refractivity contribution in [2.75, 3.05) is 0 Å². The zero-order valence-electron chi connectivity index (χ0n) is 17.1. The average molecular weight is 523 g/mol. The zero-order valence-corrected chi connectivity index (χ0v) is 20.3. The van der Waals surface area contributed by atoms with Crippen molar-refractivity contribution in [3.8, 4) is 5.75 Å². The second-order valence-electron chi connectivity index (χ2n) is 10.1. The minimum atomic E-state index is -0.401. The van der Waals surface area contributed by atoms with Crippen LogP contribution in [0.15, 0.2) is 43.6 Å². The summed E-state index contributed by atoms with van der Waals surface area (Å²) in [6.07, 6.45) is 2.48. The number of hydrogen-bond donors (Lipinski definition) is 2. The number of phenols is 1. The van der Waals surface area contributed by atoms with E-state index < -0.39 is 5.92 Å². The molecule has 0 spiro atoms. The molecule has 4 rings (SSSR count). The number of ketones is 2. The number of aromatic hydroxyl groups is 1. The van der Waals surface area contributed by atoms with E-state index in [2.05, 4.69) is 64.9 Å². The van der Waals surface area contributed by atoms with E-state index in [1.54, 1.807) is 0 Å². The van der Waals surface area contributed by atoms with Gasteiger partial charge in [-0.3, -0.25) is 9.59 Å². The summed E-state index contributed by atoms with van der Waals surface area (Å²) in [5, 5.41) is 13.7. The second kappa shape index (κ2) is 6.81. The quantitative estimate of drug-likeness (QED) is 0.482. The maximum absolute atomic E-state index is 13.3. The van der Waals surface area contributed by atoms with E-state index in [-0.39, 0.29) is 28.1 Å². The van der Waals surface area contributed by atoms with E-state index in [4.69, 9.17) is 0 Å². The summed E-state index contributed by atoms with van der Waals surface area (Å²) < 4.78 is 1.08. The van der Waals surface area contributed by atoms with Crippen molar-refractivity contribution in [3.63, 3.8) is 0 Å². The van der Waals surface area contributed by atoms with Crippen LogP contribution in [0.3, 0.4) is 0 Å². The third-order valence-corrected chi connectivity index (χ3v) is 7.30. The first-order valence-corrected chi connectivity index (χ1v) is 11.4. The zero-order chi connectivity index (χ0) is 21.3. The van der Waals surface area contributed by atoms with Crippen LogP contribution in [0.4, 0.5) is 0 Å². The average Bonchev–Trinajstić information content (AvgIpc) is 2.55. The number of hydrogen-bond acceptors (Lipinski definition) is 4. The molecule has 1 aromatic carbocycles. The van der Waals surface area contributed by atoms with Gasteiger partial charge in [0, 0.05) is 41.3 Å². The van der Waals surface area contributed by atoms with Crippen LogP contribution >= 0.6 is 31.9 Å². The van der Waals surface area contributed by atoms with E-state index in [9.17, 15) is 14.7 Å². The molecule has 1 aliphatic heterocycles. The van der Waals surface area contributed by atoms with Crippen molar-refractivity contribution in [2.45, 2.75) is 59.3 Å². The maximum Gasteiger partial charge on any atom is 0.162 e. The van der Waals surface area contributed by atoms with Gasteiger partial charge in [0.1, 0.15) is 5.75 Å². The molecule has 2 aliphatic carbocycles. The maximum atomic E-state index is 13.3. The van der Waals surface area contributed by atoms with Gasteiger partial charge in [0.15, 0.2) is 11.6 Å². The first-order chi connectivity index (χ1) is 13.4. The number of carbonyl (C=O) groups excluding carboxylic acids is 2. The number of allylic oxidation sites excluding steroid dienone is 4. The van der Waals surface area contributed by atoms with Gasteiger partial charge in [-0.1, -0.05) is 27.7 Å². The summed E-state index contributed by atoms with van der Waals surface area (Å²) >= 11 is 6.82. The van der Waals surface area contributed by atoms with Crippen LogP contribution in [0.25, 0.3) is 0 Å². The van der Waals surface area contributed by atoms with Gasteiger partial charge in [-0.2, -0.15) is 0 Å². The summed E-state index contributed by atoms with van der Waals surface area (Å²) in [4.78, 5) is 26.5. The number of dihydropyridines is 1. The number of carbonyl (C=O) groups is 2. The van der Waals surface area contributed by atoms with Crippen LogP contribution in [0.1, 0.15) is 64.9 Å². The molecule has 0 saturated carbocycles. The SMILES string of the molecule is CC1(C)CC(=O)C2=C(C1)NC1=C(C(=O)CC(C)(C)C1)C2c1cc(Br)c(O)c(Br)c1. The molecule has 0 unspecified atom stereocenters. The molecule has 0 bridgehead atoms. The van der Waals surface area contributed by atoms with Crippen molar-refractivity contribution in [3.05, 3.63) is 49.2 Å². The number of halogens is 2. The summed E-state index contributed by atoms with van der Waals surface area (Å²) in [6.45, 7) is 8.44. The molecule has 0 aromatic heterocycles. The smallest absolute Gasteiger partial charge is 0.162 e. The van der Waals surface area contributed by atoms with Crippen molar-refractivity contribution >= 4 is 43.4 Å². The van der Waals surface area contributed by atoms with Gasteiger partial charge in [0.2, 0.25) is 0 Å².